The van der Waals surface area contributed by atoms with Crippen molar-refractivity contribution in [1.29, 1.82) is 0 Å². The lowest BCUT2D eigenvalue weighted by molar-refractivity contribution is 0.610. The van der Waals surface area contributed by atoms with Gasteiger partial charge in [-0.15, -0.1) is 0 Å². The second-order valence-electron chi connectivity index (χ2n) is 5.14. The van der Waals surface area contributed by atoms with E-state index in [1.165, 1.54) is 29.3 Å². The first-order chi connectivity index (χ1) is 7.68. The van der Waals surface area contributed by atoms with Gasteiger partial charge in [0.1, 0.15) is 0 Å². The monoisotopic (exact) mass is 214 g/mol. The largest absolute Gasteiger partial charge is 0.350 e. The minimum Gasteiger partial charge on any atom is -0.350 e. The van der Waals surface area contributed by atoms with Gasteiger partial charge < -0.3 is 10.3 Å². The summed E-state index contributed by atoms with van der Waals surface area (Å²) in [5.41, 5.74) is 9.06. The molecule has 84 valence electrons. The second-order valence-corrected chi connectivity index (χ2v) is 5.14. The molecule has 2 N–H and O–H groups in total. The van der Waals surface area contributed by atoms with E-state index in [1.807, 2.05) is 0 Å². The van der Waals surface area contributed by atoms with Crippen LogP contribution >= 0.6 is 0 Å². The number of hydrogen-bond donors (Lipinski definition) is 1. The van der Waals surface area contributed by atoms with Crippen molar-refractivity contribution in [2.24, 2.45) is 12.8 Å². The van der Waals surface area contributed by atoms with Crippen LogP contribution in [0.2, 0.25) is 0 Å². The van der Waals surface area contributed by atoms with Crippen molar-refractivity contribution in [2.75, 3.05) is 0 Å². The third kappa shape index (κ3) is 1.63. The Hall–Kier alpha value is -1.28. The van der Waals surface area contributed by atoms with Crippen LogP contribution < -0.4 is 5.73 Å². The average molecular weight is 214 g/mol. The molecule has 1 aromatic carbocycles. The molecular formula is C14H18N2. The minimum atomic E-state index is 0.164. The van der Waals surface area contributed by atoms with Gasteiger partial charge in [0, 0.05) is 29.7 Å². The summed E-state index contributed by atoms with van der Waals surface area (Å²) in [5.74, 6) is 0. The predicted octanol–water partition coefficient (Wildman–Crippen LogP) is 2.60. The van der Waals surface area contributed by atoms with Gasteiger partial charge in [-0.25, -0.2) is 0 Å². The van der Waals surface area contributed by atoms with Gasteiger partial charge in [-0.3, -0.25) is 0 Å². The number of hydrogen-bond acceptors (Lipinski definition) is 1. The van der Waals surface area contributed by atoms with E-state index in [-0.39, 0.29) is 5.54 Å². The summed E-state index contributed by atoms with van der Waals surface area (Å²) >= 11 is 0. The van der Waals surface area contributed by atoms with Crippen LogP contribution in [0.25, 0.3) is 10.9 Å². The standard InChI is InChI=1S/C14H18N2/c1-16-10-11(6-7-14(15)8-9-14)12-4-2-3-5-13(12)16/h2-5,10H,6-9,15H2,1H3. The zero-order valence-electron chi connectivity index (χ0n) is 9.74. The summed E-state index contributed by atoms with van der Waals surface area (Å²) in [7, 11) is 2.11. The van der Waals surface area contributed by atoms with Gasteiger partial charge >= 0.3 is 0 Å². The van der Waals surface area contributed by atoms with E-state index in [4.69, 9.17) is 5.73 Å². The van der Waals surface area contributed by atoms with E-state index in [2.05, 4.69) is 42.1 Å². The summed E-state index contributed by atoms with van der Waals surface area (Å²) in [6.45, 7) is 0. The van der Waals surface area contributed by atoms with Crippen molar-refractivity contribution in [2.45, 2.75) is 31.2 Å². The molecule has 2 heteroatoms. The fraction of sp³-hybridized carbons (Fsp3) is 0.429. The molecule has 0 bridgehead atoms. The molecule has 2 nitrogen and oxygen atoms in total. The third-order valence-corrected chi connectivity index (χ3v) is 3.76. The third-order valence-electron chi connectivity index (χ3n) is 3.76. The van der Waals surface area contributed by atoms with Crippen molar-refractivity contribution in [3.63, 3.8) is 0 Å². The summed E-state index contributed by atoms with van der Waals surface area (Å²) in [5, 5.41) is 1.38. The molecule has 0 radical (unpaired) electrons. The van der Waals surface area contributed by atoms with Crippen LogP contribution in [0.5, 0.6) is 0 Å². The van der Waals surface area contributed by atoms with Crippen LogP contribution in [-0.2, 0) is 13.5 Å². The van der Waals surface area contributed by atoms with E-state index in [1.54, 1.807) is 0 Å². The van der Waals surface area contributed by atoms with Gasteiger partial charge in [-0.05, 0) is 37.3 Å². The van der Waals surface area contributed by atoms with Crippen molar-refractivity contribution >= 4 is 10.9 Å². The molecule has 0 amide bonds. The molecule has 16 heavy (non-hydrogen) atoms. The van der Waals surface area contributed by atoms with Gasteiger partial charge in [0.15, 0.2) is 0 Å². The Labute approximate surface area is 96.1 Å². The molecular weight excluding hydrogens is 196 g/mol. The average Bonchev–Trinajstić information content (AvgIpc) is 2.94. The molecule has 0 atom stereocenters. The Balaban J connectivity index is 1.91. The highest BCUT2D eigenvalue weighted by Gasteiger charge is 2.37. The quantitative estimate of drug-likeness (QED) is 0.836. The fourth-order valence-corrected chi connectivity index (χ4v) is 2.42. The lowest BCUT2D eigenvalue weighted by atomic mass is 10.0. The molecule has 1 fully saturated rings. The first-order valence-electron chi connectivity index (χ1n) is 6.00. The summed E-state index contributed by atoms with van der Waals surface area (Å²) in [6, 6.07) is 8.59. The predicted molar refractivity (Wildman–Crippen MR) is 67.4 cm³/mol. The lowest BCUT2D eigenvalue weighted by Gasteiger charge is -2.06. The van der Waals surface area contributed by atoms with Gasteiger partial charge in [0.25, 0.3) is 0 Å². The number of fused-ring (bicyclic) bond motifs is 1. The number of rotatable bonds is 3. The minimum absolute atomic E-state index is 0.164. The molecule has 0 unspecified atom stereocenters. The fourth-order valence-electron chi connectivity index (χ4n) is 2.42. The van der Waals surface area contributed by atoms with E-state index in [0.29, 0.717) is 0 Å². The Morgan fingerprint density at radius 1 is 1.31 bits per heavy atom. The maximum Gasteiger partial charge on any atom is 0.0480 e. The molecule has 0 saturated heterocycles. The molecule has 1 saturated carbocycles. The molecule has 1 aliphatic rings. The lowest BCUT2D eigenvalue weighted by Crippen LogP contribution is -2.21. The van der Waals surface area contributed by atoms with Crippen molar-refractivity contribution in [3.05, 3.63) is 36.0 Å². The summed E-state index contributed by atoms with van der Waals surface area (Å²) in [6.07, 6.45) is 6.89. The zero-order valence-corrected chi connectivity index (χ0v) is 9.74. The van der Waals surface area contributed by atoms with Crippen LogP contribution in [0.4, 0.5) is 0 Å². The van der Waals surface area contributed by atoms with Gasteiger partial charge in [0.05, 0.1) is 0 Å². The molecule has 1 aliphatic carbocycles. The topological polar surface area (TPSA) is 30.9 Å². The number of aryl methyl sites for hydroxylation is 2. The molecule has 0 aliphatic heterocycles. The van der Waals surface area contributed by atoms with E-state index in [0.717, 1.165) is 12.8 Å². The van der Waals surface area contributed by atoms with Crippen molar-refractivity contribution < 1.29 is 0 Å². The SMILES string of the molecule is Cn1cc(CCC2(N)CC2)c2ccccc21. The molecule has 1 heterocycles. The van der Waals surface area contributed by atoms with Crippen LogP contribution in [0.15, 0.2) is 30.5 Å². The highest BCUT2D eigenvalue weighted by atomic mass is 14.9. The van der Waals surface area contributed by atoms with Gasteiger partial charge in [-0.1, -0.05) is 18.2 Å². The first kappa shape index (κ1) is 9.91. The molecule has 1 aromatic heterocycles. The van der Waals surface area contributed by atoms with Crippen molar-refractivity contribution in [1.82, 2.24) is 4.57 Å². The van der Waals surface area contributed by atoms with Gasteiger partial charge in [-0.2, -0.15) is 0 Å². The number of nitrogens with zero attached hydrogens (tertiary/aromatic N) is 1. The normalized spacial score (nSPS) is 17.9. The second kappa shape index (κ2) is 3.36. The summed E-state index contributed by atoms with van der Waals surface area (Å²) in [4.78, 5) is 0. The van der Waals surface area contributed by atoms with Crippen molar-refractivity contribution in [3.8, 4) is 0 Å². The van der Waals surface area contributed by atoms with E-state index >= 15 is 0 Å². The molecule has 0 spiro atoms. The Bertz CT molecular complexity index is 521. The summed E-state index contributed by atoms with van der Waals surface area (Å²) < 4.78 is 2.21. The Morgan fingerprint density at radius 2 is 2.06 bits per heavy atom. The van der Waals surface area contributed by atoms with E-state index in [9.17, 15) is 0 Å². The molecule has 3 rings (SSSR count). The highest BCUT2D eigenvalue weighted by molar-refractivity contribution is 5.83. The number of benzene rings is 1. The number of aromatic nitrogens is 1. The van der Waals surface area contributed by atoms with Crippen LogP contribution in [0.3, 0.4) is 0 Å². The maximum atomic E-state index is 6.14. The van der Waals surface area contributed by atoms with Gasteiger partial charge in [0.2, 0.25) is 0 Å². The molecule has 2 aromatic rings. The maximum absolute atomic E-state index is 6.14. The number of nitrogens with two attached hydrogens (primary N) is 1. The van der Waals surface area contributed by atoms with Crippen LogP contribution in [0.1, 0.15) is 24.8 Å². The highest BCUT2D eigenvalue weighted by Crippen LogP contribution is 2.37. The Morgan fingerprint density at radius 3 is 2.81 bits per heavy atom. The smallest absolute Gasteiger partial charge is 0.0480 e. The Kier molecular flexibility index (Phi) is 2.08. The number of para-hydroxylation sites is 1. The zero-order chi connectivity index (χ0) is 11.2. The van der Waals surface area contributed by atoms with Crippen LogP contribution in [-0.4, -0.2) is 10.1 Å². The van der Waals surface area contributed by atoms with E-state index < -0.39 is 0 Å². The van der Waals surface area contributed by atoms with Crippen LogP contribution in [0, 0.1) is 0 Å². The first-order valence-corrected chi connectivity index (χ1v) is 6.00.